The molecular formula is C43H55N10O10S2+. The molecule has 0 aliphatic carbocycles. The number of carbonyl (C=O) groups is 5. The van der Waals surface area contributed by atoms with Crippen LogP contribution in [0.5, 0.6) is 5.75 Å². The Morgan fingerprint density at radius 3 is 2.45 bits per heavy atom. The molecule has 2 aliphatic rings. The smallest absolute Gasteiger partial charge is 0.414 e. The van der Waals surface area contributed by atoms with Crippen LogP contribution in [0, 0.1) is 0 Å². The van der Waals surface area contributed by atoms with E-state index >= 15 is 0 Å². The van der Waals surface area contributed by atoms with Gasteiger partial charge in [-0.25, -0.2) is 19.0 Å². The Balaban J connectivity index is 1.22. The second kappa shape index (κ2) is 20.7. The van der Waals surface area contributed by atoms with Crippen molar-refractivity contribution in [3.05, 3.63) is 71.6 Å². The predicted molar refractivity (Wildman–Crippen MR) is 241 cm³/mol. The lowest BCUT2D eigenvalue weighted by Gasteiger charge is -2.49. The standard InChI is InChI=1S/C43H54N10O10S2/c1-10-50(41(58)63-43(6,7)8)20-13-21-52-25-44-34-29(52)14-12-19-51(34)22-27-24-64-37-31(36(55)53(37)32(27)38(56)60-23-26-15-17-28(59-9)18-16-26)45-35(54)30(48-61-11-2)33-46-39(65-49-33)47-40(57)62-42(3,4)5/h12,14-19,25,31,37H,10-11,13,20-24H2,1-9H3,(H-,45,46,47,49,54,57)/p+1/b48-30-. The van der Waals surface area contributed by atoms with E-state index in [1.165, 1.54) is 16.7 Å². The average Bonchev–Trinajstić information content (AvgIpc) is 3.89. The van der Waals surface area contributed by atoms with Gasteiger partial charge in [0.15, 0.2) is 0 Å². The van der Waals surface area contributed by atoms with E-state index < -0.39 is 46.5 Å². The molecule has 2 atom stereocenters. The van der Waals surface area contributed by atoms with Gasteiger partial charge in [-0.1, -0.05) is 17.3 Å². The van der Waals surface area contributed by atoms with E-state index in [0.29, 0.717) is 54.3 Å². The number of nitrogens with zero attached hydrogens (tertiary/aromatic N) is 8. The number of β-lactam (4-membered cyclic amide) rings is 1. The molecule has 5 heterocycles. The quantitative estimate of drug-likeness (QED) is 0.0355. The number of nitrogens with one attached hydrogen (secondary N) is 2. The third-order valence-corrected chi connectivity index (χ3v) is 11.6. The normalized spacial score (nSPS) is 16.4. The molecule has 2 N–H and O–H groups in total. The van der Waals surface area contributed by atoms with Gasteiger partial charge < -0.3 is 38.6 Å². The number of rotatable bonds is 17. The summed E-state index contributed by atoms with van der Waals surface area (Å²) in [6, 6.07) is 9.84. The minimum Gasteiger partial charge on any atom is -0.497 e. The molecule has 65 heavy (non-hydrogen) atoms. The van der Waals surface area contributed by atoms with Gasteiger partial charge in [-0.15, -0.1) is 11.8 Å². The minimum atomic E-state index is -1.06. The molecule has 0 saturated carbocycles. The third-order valence-electron chi connectivity index (χ3n) is 9.67. The average molecular weight is 936 g/mol. The molecule has 1 aromatic carbocycles. The third kappa shape index (κ3) is 12.1. The van der Waals surface area contributed by atoms with Crippen LogP contribution in [-0.2, 0) is 53.1 Å². The summed E-state index contributed by atoms with van der Waals surface area (Å²) in [5.74, 6) is -1.25. The number of fused-ring (bicyclic) bond motifs is 2. The summed E-state index contributed by atoms with van der Waals surface area (Å²) in [5, 5.41) is 8.53. The SMILES string of the molecule is CCO/N=C(\C(=O)NC1C(=O)N2C(C(=O)OCc3ccc(OC)cc3)=C(C[n+]3cccc4c3ncn4CCCN(CC)C(=O)OC(C)(C)C)CSC12)c1nsc(NC(=O)OC(C)(C)C)n1. The maximum Gasteiger partial charge on any atom is 0.414 e. The maximum atomic E-state index is 14.2. The second-order valence-corrected chi connectivity index (χ2v) is 18.7. The number of esters is 1. The molecule has 1 saturated heterocycles. The lowest BCUT2D eigenvalue weighted by Crippen LogP contribution is -2.71. The van der Waals surface area contributed by atoms with Gasteiger partial charge in [0.2, 0.25) is 23.0 Å². The largest absolute Gasteiger partial charge is 0.497 e. The fourth-order valence-corrected chi connectivity index (χ4v) is 8.64. The Morgan fingerprint density at radius 2 is 1.77 bits per heavy atom. The Morgan fingerprint density at radius 1 is 1.03 bits per heavy atom. The molecule has 22 heteroatoms. The minimum absolute atomic E-state index is 0.0503. The van der Waals surface area contributed by atoms with E-state index in [9.17, 15) is 24.0 Å². The number of amides is 4. The Hall–Kier alpha value is -6.29. The molecule has 1 fully saturated rings. The molecule has 4 amide bonds. The number of aromatic nitrogens is 5. The Labute approximate surface area is 384 Å². The van der Waals surface area contributed by atoms with Crippen LogP contribution in [0.25, 0.3) is 11.2 Å². The van der Waals surface area contributed by atoms with Crippen molar-refractivity contribution in [1.82, 2.24) is 34.0 Å². The van der Waals surface area contributed by atoms with Crippen molar-refractivity contribution >= 4 is 75.3 Å². The molecule has 6 rings (SSSR count). The number of hydrogen-bond acceptors (Lipinski definition) is 16. The first-order chi connectivity index (χ1) is 30.9. The zero-order valence-electron chi connectivity index (χ0n) is 37.9. The van der Waals surface area contributed by atoms with E-state index in [-0.39, 0.29) is 48.2 Å². The number of ether oxygens (including phenoxy) is 4. The first-order valence-corrected chi connectivity index (χ1v) is 22.8. The van der Waals surface area contributed by atoms with E-state index in [4.69, 9.17) is 28.8 Å². The predicted octanol–water partition coefficient (Wildman–Crippen LogP) is 5.02. The zero-order chi connectivity index (χ0) is 47.1. The number of anilines is 1. The number of benzene rings is 1. The summed E-state index contributed by atoms with van der Waals surface area (Å²) in [4.78, 5) is 84.3. The summed E-state index contributed by atoms with van der Waals surface area (Å²) >= 11 is 2.18. The van der Waals surface area contributed by atoms with Crippen LogP contribution in [0.3, 0.4) is 0 Å². The van der Waals surface area contributed by atoms with Gasteiger partial charge in [-0.3, -0.25) is 19.8 Å². The van der Waals surface area contributed by atoms with Crippen LogP contribution < -0.4 is 19.9 Å². The highest BCUT2D eigenvalue weighted by Gasteiger charge is 2.55. The van der Waals surface area contributed by atoms with Crippen LogP contribution >= 0.6 is 23.3 Å². The number of thioether (sulfide) groups is 1. The molecule has 0 radical (unpaired) electrons. The summed E-state index contributed by atoms with van der Waals surface area (Å²) in [6.45, 7) is 16.1. The topological polar surface area (TPSA) is 222 Å². The van der Waals surface area contributed by atoms with Crippen LogP contribution in [0.15, 0.2) is 65.3 Å². The number of pyridine rings is 1. The van der Waals surface area contributed by atoms with Gasteiger partial charge >= 0.3 is 23.8 Å². The lowest BCUT2D eigenvalue weighted by molar-refractivity contribution is -0.664. The molecular weight excluding hydrogens is 881 g/mol. The summed E-state index contributed by atoms with van der Waals surface area (Å²) in [5.41, 5.74) is 1.21. The Kier molecular flexibility index (Phi) is 15.3. The Bertz CT molecular complexity index is 2460. The summed E-state index contributed by atoms with van der Waals surface area (Å²) in [7, 11) is 1.56. The molecule has 2 aliphatic heterocycles. The van der Waals surface area contributed by atoms with Gasteiger partial charge in [0, 0.05) is 42.5 Å². The van der Waals surface area contributed by atoms with Gasteiger partial charge in [-0.2, -0.15) is 9.36 Å². The maximum absolute atomic E-state index is 14.2. The van der Waals surface area contributed by atoms with E-state index in [1.54, 1.807) is 70.3 Å². The van der Waals surface area contributed by atoms with Crippen molar-refractivity contribution in [2.45, 2.75) is 104 Å². The van der Waals surface area contributed by atoms with Crippen molar-refractivity contribution < 1.29 is 52.3 Å². The van der Waals surface area contributed by atoms with Gasteiger partial charge in [0.1, 0.15) is 59.3 Å². The monoisotopic (exact) mass is 935 g/mol. The fraction of sp³-hybridized carbons (Fsp3) is 0.488. The molecule has 20 nitrogen and oxygen atoms in total. The van der Waals surface area contributed by atoms with Crippen molar-refractivity contribution in [3.8, 4) is 5.75 Å². The number of methoxy groups -OCH3 is 1. The summed E-state index contributed by atoms with van der Waals surface area (Å²) < 4.78 is 30.1. The molecule has 348 valence electrons. The highest BCUT2D eigenvalue weighted by molar-refractivity contribution is 8.00. The van der Waals surface area contributed by atoms with E-state index in [2.05, 4.69) is 25.1 Å². The highest BCUT2D eigenvalue weighted by Crippen LogP contribution is 2.41. The number of hydrogen-bond donors (Lipinski definition) is 2. The van der Waals surface area contributed by atoms with Crippen LogP contribution in [0.1, 0.15) is 73.2 Å². The first-order valence-electron chi connectivity index (χ1n) is 21.0. The number of carbonyl (C=O) groups excluding carboxylic acids is 5. The van der Waals surface area contributed by atoms with Gasteiger partial charge in [0.05, 0.1) is 13.3 Å². The number of imidazole rings is 1. The van der Waals surface area contributed by atoms with Gasteiger partial charge in [-0.05, 0) is 96.6 Å². The fourth-order valence-electron chi connectivity index (χ4n) is 6.75. The molecule has 3 aromatic heterocycles. The van der Waals surface area contributed by atoms with Gasteiger partial charge in [0.25, 0.3) is 11.8 Å². The van der Waals surface area contributed by atoms with Crippen LogP contribution in [0.2, 0.25) is 0 Å². The van der Waals surface area contributed by atoms with Crippen molar-refractivity contribution in [2.24, 2.45) is 5.16 Å². The van der Waals surface area contributed by atoms with E-state index in [0.717, 1.165) is 17.0 Å². The van der Waals surface area contributed by atoms with Crippen LogP contribution in [-0.4, -0.2) is 120 Å². The molecule has 4 aromatic rings. The zero-order valence-corrected chi connectivity index (χ0v) is 39.5. The molecule has 0 bridgehead atoms. The van der Waals surface area contributed by atoms with Crippen molar-refractivity contribution in [1.29, 1.82) is 0 Å². The van der Waals surface area contributed by atoms with Crippen molar-refractivity contribution in [3.63, 3.8) is 0 Å². The van der Waals surface area contributed by atoms with E-state index in [1.807, 2.05) is 55.2 Å². The number of aryl methyl sites for hydroxylation is 1. The lowest BCUT2D eigenvalue weighted by atomic mass is 10.0. The first kappa shape index (κ1) is 48.2. The number of oxime groups is 1. The second-order valence-electron chi connectivity index (χ2n) is 16.8. The van der Waals surface area contributed by atoms with Crippen LogP contribution in [0.4, 0.5) is 14.7 Å². The highest BCUT2D eigenvalue weighted by atomic mass is 32.2. The molecule has 2 unspecified atom stereocenters. The summed E-state index contributed by atoms with van der Waals surface area (Å²) in [6.07, 6.45) is 3.13. The van der Waals surface area contributed by atoms with Crippen molar-refractivity contribution in [2.75, 3.05) is 37.9 Å². The molecule has 0 spiro atoms.